The van der Waals surface area contributed by atoms with Crippen LogP contribution in [-0.2, 0) is 4.74 Å². The molecule has 82 valence electrons. The van der Waals surface area contributed by atoms with E-state index >= 15 is 0 Å². The predicted octanol–water partition coefficient (Wildman–Crippen LogP) is 3.94. The van der Waals surface area contributed by atoms with Crippen LogP contribution in [0.15, 0.2) is 12.2 Å². The Balaban J connectivity index is 2.18. The van der Waals surface area contributed by atoms with Crippen molar-refractivity contribution < 1.29 is 4.74 Å². The van der Waals surface area contributed by atoms with E-state index in [1.807, 2.05) is 0 Å². The highest BCUT2D eigenvalue weighted by atomic mass is 16.5. The summed E-state index contributed by atoms with van der Waals surface area (Å²) in [7, 11) is 0. The molecule has 1 aliphatic carbocycles. The molecule has 0 aliphatic heterocycles. The molecule has 0 aromatic heterocycles. The first kappa shape index (κ1) is 11.8. The molecule has 14 heavy (non-hydrogen) atoms. The third-order valence-electron chi connectivity index (χ3n) is 3.08. The minimum atomic E-state index is 0.565. The molecular weight excluding hydrogens is 172 g/mol. The average molecular weight is 196 g/mol. The molecule has 0 bridgehead atoms. The highest BCUT2D eigenvalue weighted by molar-refractivity contribution is 4.84. The maximum absolute atomic E-state index is 5.75. The number of hydrogen-bond acceptors (Lipinski definition) is 1. The van der Waals surface area contributed by atoms with Crippen molar-refractivity contribution in [3.8, 4) is 0 Å². The minimum Gasteiger partial charge on any atom is -0.378 e. The summed E-state index contributed by atoms with van der Waals surface area (Å²) < 4.78 is 5.75. The molecule has 0 heterocycles. The van der Waals surface area contributed by atoms with E-state index in [0.717, 1.165) is 12.5 Å². The van der Waals surface area contributed by atoms with Gasteiger partial charge in [-0.15, -0.1) is 0 Å². The van der Waals surface area contributed by atoms with Crippen LogP contribution in [0.3, 0.4) is 0 Å². The molecular formula is C13H24O. The summed E-state index contributed by atoms with van der Waals surface area (Å²) in [4.78, 5) is 0. The Labute approximate surface area is 88.5 Å². The summed E-state index contributed by atoms with van der Waals surface area (Å²) in [6.07, 6.45) is 12.9. The number of ether oxygens (including phenoxy) is 1. The molecule has 0 amide bonds. The fourth-order valence-corrected chi connectivity index (χ4v) is 2.36. The second-order valence-electron chi connectivity index (χ2n) is 4.14. The second-order valence-corrected chi connectivity index (χ2v) is 4.14. The van der Waals surface area contributed by atoms with Gasteiger partial charge in [0.2, 0.25) is 0 Å². The highest BCUT2D eigenvalue weighted by Crippen LogP contribution is 2.31. The fourth-order valence-electron chi connectivity index (χ4n) is 2.36. The van der Waals surface area contributed by atoms with Gasteiger partial charge in [0.25, 0.3) is 0 Å². The molecule has 1 saturated carbocycles. The molecule has 2 atom stereocenters. The van der Waals surface area contributed by atoms with Crippen molar-refractivity contribution in [3.05, 3.63) is 12.2 Å². The standard InChI is InChI=1S/C13H24O/c1-3-5-6-7-9-12-10-8-11-13(12)14-4-2/h5-6,12-13H,3-4,7-11H2,1-2H3. The molecule has 0 aromatic carbocycles. The van der Waals surface area contributed by atoms with Crippen molar-refractivity contribution >= 4 is 0 Å². The van der Waals surface area contributed by atoms with Gasteiger partial charge < -0.3 is 4.74 Å². The monoisotopic (exact) mass is 196 g/mol. The van der Waals surface area contributed by atoms with Crippen molar-refractivity contribution in [2.24, 2.45) is 5.92 Å². The Kier molecular flexibility index (Phi) is 5.93. The lowest BCUT2D eigenvalue weighted by molar-refractivity contribution is 0.0341. The van der Waals surface area contributed by atoms with Crippen LogP contribution in [0.4, 0.5) is 0 Å². The Hall–Kier alpha value is -0.300. The minimum absolute atomic E-state index is 0.565. The summed E-state index contributed by atoms with van der Waals surface area (Å²) >= 11 is 0. The highest BCUT2D eigenvalue weighted by Gasteiger charge is 2.26. The summed E-state index contributed by atoms with van der Waals surface area (Å²) in [6, 6.07) is 0. The van der Waals surface area contributed by atoms with Crippen LogP contribution in [0.2, 0.25) is 0 Å². The molecule has 0 saturated heterocycles. The van der Waals surface area contributed by atoms with Gasteiger partial charge in [-0.1, -0.05) is 25.5 Å². The van der Waals surface area contributed by atoms with E-state index in [9.17, 15) is 0 Å². The zero-order valence-corrected chi connectivity index (χ0v) is 9.67. The molecule has 1 heteroatoms. The van der Waals surface area contributed by atoms with Crippen molar-refractivity contribution in [1.29, 1.82) is 0 Å². The van der Waals surface area contributed by atoms with E-state index in [2.05, 4.69) is 26.0 Å². The molecule has 1 aliphatic rings. The summed E-state index contributed by atoms with van der Waals surface area (Å²) in [5.74, 6) is 0.830. The second kappa shape index (κ2) is 7.05. The van der Waals surface area contributed by atoms with Gasteiger partial charge >= 0.3 is 0 Å². The average Bonchev–Trinajstić information content (AvgIpc) is 2.61. The third kappa shape index (κ3) is 3.83. The van der Waals surface area contributed by atoms with E-state index in [0.29, 0.717) is 6.10 Å². The van der Waals surface area contributed by atoms with E-state index in [1.165, 1.54) is 38.5 Å². The molecule has 0 N–H and O–H groups in total. The molecule has 0 spiro atoms. The van der Waals surface area contributed by atoms with Crippen molar-refractivity contribution in [3.63, 3.8) is 0 Å². The van der Waals surface area contributed by atoms with Crippen LogP contribution in [-0.4, -0.2) is 12.7 Å². The van der Waals surface area contributed by atoms with Gasteiger partial charge in [-0.25, -0.2) is 0 Å². The lowest BCUT2D eigenvalue weighted by Crippen LogP contribution is -2.17. The van der Waals surface area contributed by atoms with E-state index < -0.39 is 0 Å². The topological polar surface area (TPSA) is 9.23 Å². The smallest absolute Gasteiger partial charge is 0.0603 e. The van der Waals surface area contributed by atoms with Gasteiger partial charge in [-0.3, -0.25) is 0 Å². The van der Waals surface area contributed by atoms with Crippen LogP contribution < -0.4 is 0 Å². The first-order valence-electron chi connectivity index (χ1n) is 6.15. The summed E-state index contributed by atoms with van der Waals surface area (Å²) in [6.45, 7) is 5.17. The van der Waals surface area contributed by atoms with Crippen LogP contribution in [0.1, 0.15) is 52.4 Å². The first-order chi connectivity index (χ1) is 6.88. The quantitative estimate of drug-likeness (QED) is 0.585. The van der Waals surface area contributed by atoms with Crippen molar-refractivity contribution in [1.82, 2.24) is 0 Å². The van der Waals surface area contributed by atoms with E-state index in [-0.39, 0.29) is 0 Å². The molecule has 0 aromatic rings. The van der Waals surface area contributed by atoms with Gasteiger partial charge in [0.1, 0.15) is 0 Å². The Morgan fingerprint density at radius 1 is 1.21 bits per heavy atom. The van der Waals surface area contributed by atoms with Crippen LogP contribution >= 0.6 is 0 Å². The lowest BCUT2D eigenvalue weighted by atomic mass is 9.99. The zero-order chi connectivity index (χ0) is 10.2. The molecule has 1 rings (SSSR count). The fraction of sp³-hybridized carbons (Fsp3) is 0.846. The maximum Gasteiger partial charge on any atom is 0.0603 e. The van der Waals surface area contributed by atoms with Crippen LogP contribution in [0, 0.1) is 5.92 Å². The van der Waals surface area contributed by atoms with E-state index in [4.69, 9.17) is 4.74 Å². The van der Waals surface area contributed by atoms with Gasteiger partial charge in [0.15, 0.2) is 0 Å². The van der Waals surface area contributed by atoms with Crippen molar-refractivity contribution in [2.75, 3.05) is 6.61 Å². The molecule has 1 fully saturated rings. The van der Waals surface area contributed by atoms with Crippen LogP contribution in [0.25, 0.3) is 0 Å². The van der Waals surface area contributed by atoms with E-state index in [1.54, 1.807) is 0 Å². The Bertz CT molecular complexity index is 163. The number of hydrogen-bond donors (Lipinski definition) is 0. The largest absolute Gasteiger partial charge is 0.378 e. The summed E-state index contributed by atoms with van der Waals surface area (Å²) in [5, 5.41) is 0. The molecule has 1 nitrogen and oxygen atoms in total. The molecule has 2 unspecified atom stereocenters. The zero-order valence-electron chi connectivity index (χ0n) is 9.67. The third-order valence-corrected chi connectivity index (χ3v) is 3.08. The van der Waals surface area contributed by atoms with Crippen LogP contribution in [0.5, 0.6) is 0 Å². The number of rotatable bonds is 6. The lowest BCUT2D eigenvalue weighted by Gasteiger charge is -2.18. The predicted molar refractivity (Wildman–Crippen MR) is 61.4 cm³/mol. The summed E-state index contributed by atoms with van der Waals surface area (Å²) in [5.41, 5.74) is 0. The SMILES string of the molecule is CCC=CCCC1CCCC1OCC. The Morgan fingerprint density at radius 2 is 2.07 bits per heavy atom. The van der Waals surface area contributed by atoms with Gasteiger partial charge in [-0.05, 0) is 44.9 Å². The number of allylic oxidation sites excluding steroid dienone is 2. The first-order valence-corrected chi connectivity index (χ1v) is 6.15. The van der Waals surface area contributed by atoms with Gasteiger partial charge in [0, 0.05) is 6.61 Å². The van der Waals surface area contributed by atoms with Gasteiger partial charge in [0.05, 0.1) is 6.10 Å². The van der Waals surface area contributed by atoms with Crippen molar-refractivity contribution in [2.45, 2.75) is 58.5 Å². The maximum atomic E-state index is 5.75. The van der Waals surface area contributed by atoms with Gasteiger partial charge in [-0.2, -0.15) is 0 Å². The normalized spacial score (nSPS) is 27.6. The Morgan fingerprint density at radius 3 is 2.79 bits per heavy atom. The molecule has 0 radical (unpaired) electrons.